The van der Waals surface area contributed by atoms with Crippen LogP contribution in [0.15, 0.2) is 127 Å². The Balaban J connectivity index is 0.000000224. The van der Waals surface area contributed by atoms with Crippen LogP contribution in [0.4, 0.5) is 28.4 Å². The quantitative estimate of drug-likeness (QED) is 0.0814. The van der Waals surface area contributed by atoms with E-state index < -0.39 is 48.4 Å². The molecule has 1 radical (unpaired) electrons. The number of nitro benzene ring substituents is 1. The fraction of sp³-hybridized carbons (Fsp3) is 0.0312. The van der Waals surface area contributed by atoms with Crippen LogP contribution in [-0.4, -0.2) is 27.7 Å². The molecule has 0 spiro atoms. The second-order valence-electron chi connectivity index (χ2n) is 10.2. The number of fused-ring (bicyclic) bond motifs is 1. The maximum Gasteiger partial charge on any atom is 3.00 e. The summed E-state index contributed by atoms with van der Waals surface area (Å²) >= 11 is 5.76. The van der Waals surface area contributed by atoms with E-state index in [0.717, 1.165) is 35.7 Å². The molecule has 0 fully saturated rings. The molecule has 6 rings (SSSR count). The van der Waals surface area contributed by atoms with E-state index in [1.807, 2.05) is 6.07 Å². The van der Waals surface area contributed by atoms with Crippen molar-refractivity contribution in [1.82, 2.24) is 9.78 Å². The first-order chi connectivity index (χ1) is 23.7. The van der Waals surface area contributed by atoms with Gasteiger partial charge in [0.25, 0.3) is 21.4 Å². The molecule has 0 aliphatic heterocycles. The SMILES string of the molecule is Cc1[nH]n(-c2ccccc2)c(=O)c1N=Nc1cc([N+](=O)[O-])ccc1[O-].O=S(=O)(O)c1cc(Cl)cc(N=Nc2c([O-])ccc3ccccc23)c1[O-].[Cr+3]. The third kappa shape index (κ3) is 8.64. The van der Waals surface area contributed by atoms with Gasteiger partial charge in [-0.15, -0.1) is 5.11 Å². The minimum absolute atomic E-state index is 0. The van der Waals surface area contributed by atoms with E-state index in [1.54, 1.807) is 61.5 Å². The number of H-pyrrole nitrogens is 1. The summed E-state index contributed by atoms with van der Waals surface area (Å²) < 4.78 is 32.9. The molecular formula is C32H21ClCrN7O9S. The number of halogens is 1. The Morgan fingerprint density at radius 2 is 1.43 bits per heavy atom. The number of para-hydroxylation sites is 1. The zero-order valence-corrected chi connectivity index (χ0v) is 28.7. The second kappa shape index (κ2) is 15.8. The summed E-state index contributed by atoms with van der Waals surface area (Å²) in [6, 6.07) is 23.8. The number of rotatable bonds is 7. The first kappa shape index (κ1) is 37.9. The fourth-order valence-electron chi connectivity index (χ4n) is 4.48. The number of nitro groups is 1. The Morgan fingerprint density at radius 3 is 2.12 bits per heavy atom. The number of aromatic amines is 1. The van der Waals surface area contributed by atoms with E-state index in [4.69, 9.17) is 16.2 Å². The predicted octanol–water partition coefficient (Wildman–Crippen LogP) is 6.17. The van der Waals surface area contributed by atoms with Crippen molar-refractivity contribution in [1.29, 1.82) is 0 Å². The van der Waals surface area contributed by atoms with E-state index in [-0.39, 0.29) is 45.1 Å². The van der Waals surface area contributed by atoms with Crippen molar-refractivity contribution in [3.63, 3.8) is 0 Å². The van der Waals surface area contributed by atoms with Crippen molar-refractivity contribution >= 4 is 60.9 Å². The Kier molecular flexibility index (Phi) is 11.7. The van der Waals surface area contributed by atoms with Crippen molar-refractivity contribution in [3.05, 3.63) is 128 Å². The average molecular weight is 767 g/mol. The van der Waals surface area contributed by atoms with Crippen molar-refractivity contribution in [2.24, 2.45) is 20.5 Å². The molecule has 257 valence electrons. The number of aromatic nitrogens is 2. The zero-order valence-electron chi connectivity index (χ0n) is 25.8. The first-order valence-electron chi connectivity index (χ1n) is 14.1. The molecule has 0 saturated heterocycles. The summed E-state index contributed by atoms with van der Waals surface area (Å²) in [5, 5.41) is 65.7. The number of nitrogens with one attached hydrogen (secondary N) is 1. The number of aryl methyl sites for hydroxylation is 1. The monoisotopic (exact) mass is 766 g/mol. The largest absolute Gasteiger partial charge is 3.00 e. The van der Waals surface area contributed by atoms with Crippen LogP contribution in [0, 0.1) is 17.0 Å². The molecule has 19 heteroatoms. The standard InChI is InChI=1S/C16H11ClN2O5S.C16H13N5O4.Cr/c17-10-7-12(16(21)14(8-10)25(22,23)24)18-19-15-11-4-2-1-3-9(11)5-6-13(15)20;1-10-15(16(23)20(19-10)11-5-3-2-4-6-11)18-17-13-9-12(21(24)25)7-8-14(13)22;/h1-8,20-21H,(H,22,23,24);2-9,19,22H,1H3;/q;;+3/p-3. The number of benzene rings is 5. The van der Waals surface area contributed by atoms with Crippen molar-refractivity contribution in [2.45, 2.75) is 11.8 Å². The normalized spacial score (nSPS) is 11.4. The van der Waals surface area contributed by atoms with Crippen LogP contribution in [0.25, 0.3) is 16.5 Å². The van der Waals surface area contributed by atoms with Crippen LogP contribution < -0.4 is 20.9 Å². The minimum atomic E-state index is -4.76. The summed E-state index contributed by atoms with van der Waals surface area (Å²) in [5.74, 6) is -2.00. The van der Waals surface area contributed by atoms with Gasteiger partial charge < -0.3 is 15.3 Å². The Morgan fingerprint density at radius 1 is 0.804 bits per heavy atom. The number of non-ortho nitro benzene ring substituents is 1. The molecule has 51 heavy (non-hydrogen) atoms. The van der Waals surface area contributed by atoms with Crippen molar-refractivity contribution < 1.29 is 50.6 Å². The van der Waals surface area contributed by atoms with E-state index in [1.165, 1.54) is 10.7 Å². The van der Waals surface area contributed by atoms with Gasteiger partial charge in [-0.2, -0.15) is 23.8 Å². The van der Waals surface area contributed by atoms with Crippen molar-refractivity contribution in [2.75, 3.05) is 0 Å². The van der Waals surface area contributed by atoms with Gasteiger partial charge in [-0.3, -0.25) is 24.6 Å². The number of hydrogen-bond donors (Lipinski definition) is 2. The summed E-state index contributed by atoms with van der Waals surface area (Å²) in [6.07, 6.45) is 0. The van der Waals surface area contributed by atoms with Gasteiger partial charge in [0.05, 0.1) is 38.3 Å². The summed E-state index contributed by atoms with van der Waals surface area (Å²) in [7, 11) is -4.76. The number of hydrogen-bond acceptors (Lipinski definition) is 12. The summed E-state index contributed by atoms with van der Waals surface area (Å²) in [4.78, 5) is 21.7. The Bertz CT molecular complexity index is 2490. The summed E-state index contributed by atoms with van der Waals surface area (Å²) in [6.45, 7) is 1.64. The first-order valence-corrected chi connectivity index (χ1v) is 15.9. The molecular weight excluding hydrogens is 746 g/mol. The third-order valence-corrected chi connectivity index (χ3v) is 7.94. The molecule has 6 aromatic rings. The molecule has 2 N–H and O–H groups in total. The third-order valence-electron chi connectivity index (χ3n) is 6.87. The topological polar surface area (TPSA) is 254 Å². The van der Waals surface area contributed by atoms with Gasteiger partial charge in [-0.05, 0) is 36.6 Å². The molecule has 0 unspecified atom stereocenters. The second-order valence-corrected chi connectivity index (χ2v) is 12.1. The van der Waals surface area contributed by atoms with Crippen LogP contribution in [-0.2, 0) is 27.5 Å². The minimum Gasteiger partial charge on any atom is -0.871 e. The van der Waals surface area contributed by atoms with E-state index in [0.29, 0.717) is 16.8 Å². The Hall–Kier alpha value is -5.90. The fourth-order valence-corrected chi connectivity index (χ4v) is 5.37. The van der Waals surface area contributed by atoms with Crippen LogP contribution in [0.5, 0.6) is 17.2 Å². The number of azo groups is 2. The van der Waals surface area contributed by atoms with Crippen LogP contribution in [0.3, 0.4) is 0 Å². The number of nitrogens with zero attached hydrogens (tertiary/aromatic N) is 6. The average Bonchev–Trinajstić information content (AvgIpc) is 3.37. The maximum absolute atomic E-state index is 12.5. The van der Waals surface area contributed by atoms with Gasteiger partial charge in [0, 0.05) is 22.5 Å². The molecule has 0 aliphatic carbocycles. The van der Waals surface area contributed by atoms with Crippen LogP contribution >= 0.6 is 11.6 Å². The molecule has 1 heterocycles. The maximum atomic E-state index is 12.5. The molecule has 0 saturated carbocycles. The van der Waals surface area contributed by atoms with E-state index in [2.05, 4.69) is 25.6 Å². The van der Waals surface area contributed by atoms with Crippen LogP contribution in [0.2, 0.25) is 5.02 Å². The zero-order chi connectivity index (χ0) is 36.2. The van der Waals surface area contributed by atoms with Gasteiger partial charge in [-0.25, -0.2) is 4.68 Å². The van der Waals surface area contributed by atoms with Crippen LogP contribution in [0.1, 0.15) is 5.69 Å². The van der Waals surface area contributed by atoms with Gasteiger partial charge in [0.2, 0.25) is 0 Å². The molecule has 0 aliphatic rings. The van der Waals surface area contributed by atoms with Gasteiger partial charge in [-0.1, -0.05) is 89.5 Å². The molecule has 16 nitrogen and oxygen atoms in total. The van der Waals surface area contributed by atoms with E-state index in [9.17, 15) is 38.6 Å². The molecule has 5 aromatic carbocycles. The molecule has 0 amide bonds. The van der Waals surface area contributed by atoms with Crippen molar-refractivity contribution in [3.8, 4) is 22.9 Å². The van der Waals surface area contributed by atoms with E-state index >= 15 is 0 Å². The molecule has 1 aromatic heterocycles. The molecule has 0 atom stereocenters. The predicted molar refractivity (Wildman–Crippen MR) is 176 cm³/mol. The smallest absolute Gasteiger partial charge is 0.871 e. The molecule has 0 bridgehead atoms. The summed E-state index contributed by atoms with van der Waals surface area (Å²) in [5.41, 5.74) is -0.229. The Labute approximate surface area is 303 Å². The van der Waals surface area contributed by atoms with Gasteiger partial charge in [0.1, 0.15) is 0 Å². The van der Waals surface area contributed by atoms with Gasteiger partial charge in [0.15, 0.2) is 5.69 Å². The van der Waals surface area contributed by atoms with Gasteiger partial charge >= 0.3 is 17.4 Å².